The van der Waals surface area contributed by atoms with E-state index in [1.807, 2.05) is 6.07 Å². The van der Waals surface area contributed by atoms with Gasteiger partial charge in [-0.15, -0.1) is 0 Å². The van der Waals surface area contributed by atoms with Crippen LogP contribution < -0.4 is 0 Å². The first-order valence-electron chi connectivity index (χ1n) is 16.4. The molecule has 1 atom stereocenters. The molecule has 1 aliphatic rings. The third-order valence-electron chi connectivity index (χ3n) is 10.1. The Morgan fingerprint density at radius 2 is 1.68 bits per heavy atom. The first-order chi connectivity index (χ1) is 23.2. The zero-order valence-electron chi connectivity index (χ0n) is 26.2. The van der Waals surface area contributed by atoms with Gasteiger partial charge < -0.3 is 0 Å². The van der Waals surface area contributed by atoms with Crippen LogP contribution >= 0.6 is 0 Å². The zero-order chi connectivity index (χ0) is 31.5. The van der Waals surface area contributed by atoms with E-state index in [1.165, 1.54) is 88.4 Å². The number of hydrogen-bond acceptors (Lipinski definition) is 1. The molecule has 0 radical (unpaired) electrons. The maximum atomic E-state index is 7.35. The van der Waals surface area contributed by atoms with Crippen molar-refractivity contribution in [3.05, 3.63) is 151 Å². The van der Waals surface area contributed by atoms with Crippen LogP contribution in [0.5, 0.6) is 0 Å². The van der Waals surface area contributed by atoms with Gasteiger partial charge in [-0.1, -0.05) is 30.3 Å². The standard InChI is InChI=1S/C44H31BN2/c1-28(7-6-26-46)29-12-14-32(15-13-29)44-39-25-19-31-18-23-35(38-24-20-33(27-45-44)43(39)42(31)38)30-16-21-34(22-17-30)47-40-10-4-2-8-36(40)37-9-3-5-11-41(37)47/h2,4-5,7-8,10-16,18-27,30,46H,6,17H2,1H3/b28-7+,46-26?. The predicted octanol–water partition coefficient (Wildman–Crippen LogP) is 11.3. The number of para-hydroxylation sites is 1. The van der Waals surface area contributed by atoms with E-state index in [4.69, 9.17) is 5.41 Å². The molecular formula is C44H31BN2. The Kier molecular flexibility index (Phi) is 6.44. The van der Waals surface area contributed by atoms with E-state index in [9.17, 15) is 0 Å². The average molecular weight is 599 g/mol. The van der Waals surface area contributed by atoms with Crippen molar-refractivity contribution in [1.82, 2.24) is 4.57 Å². The summed E-state index contributed by atoms with van der Waals surface area (Å²) in [6.07, 6.45) is 12.3. The van der Waals surface area contributed by atoms with Gasteiger partial charge in [-0.3, -0.25) is 0 Å². The normalized spacial score (nSPS) is 15.1. The molecule has 0 fully saturated rings. The third-order valence-corrected chi connectivity index (χ3v) is 10.1. The van der Waals surface area contributed by atoms with Gasteiger partial charge in [0.1, 0.15) is 0 Å². The van der Waals surface area contributed by atoms with Crippen LogP contribution in [0.4, 0.5) is 0 Å². The van der Waals surface area contributed by atoms with E-state index in [1.54, 1.807) is 0 Å². The Balaban J connectivity index is 1.12. The molecule has 2 nitrogen and oxygen atoms in total. The summed E-state index contributed by atoms with van der Waals surface area (Å²) in [5, 5.41) is 17.6. The van der Waals surface area contributed by atoms with Crippen molar-refractivity contribution in [2.24, 2.45) is 0 Å². The second-order valence-corrected chi connectivity index (χ2v) is 12.6. The van der Waals surface area contributed by atoms with E-state index in [-0.39, 0.29) is 0 Å². The van der Waals surface area contributed by atoms with E-state index in [0.29, 0.717) is 12.3 Å². The first-order valence-corrected chi connectivity index (χ1v) is 16.4. The van der Waals surface area contributed by atoms with Crippen LogP contribution in [0.25, 0.3) is 76.4 Å². The summed E-state index contributed by atoms with van der Waals surface area (Å²) in [6.45, 7) is 4.39. The maximum absolute atomic E-state index is 7.35. The third kappa shape index (κ3) is 4.37. The molecule has 0 bridgehead atoms. The summed E-state index contributed by atoms with van der Waals surface area (Å²) in [4.78, 5) is 0. The van der Waals surface area contributed by atoms with Crippen molar-refractivity contribution >= 4 is 78.5 Å². The molecule has 8 aromatic rings. The minimum atomic E-state index is 0.298. The van der Waals surface area contributed by atoms with Gasteiger partial charge in [-0.25, -0.2) is 0 Å². The molecule has 3 heteroatoms. The van der Waals surface area contributed by atoms with Gasteiger partial charge in [0.25, 0.3) is 0 Å². The number of allylic oxidation sites excluding steroid dienone is 6. The molecule has 0 aliphatic heterocycles. The number of fused-ring (bicyclic) bond motifs is 3. The number of hydrogen-bond donors (Lipinski definition) is 1. The van der Waals surface area contributed by atoms with Crippen LogP contribution in [0.1, 0.15) is 36.8 Å². The van der Waals surface area contributed by atoms with Crippen LogP contribution in [0, 0.1) is 17.5 Å². The second kappa shape index (κ2) is 11.0. The molecule has 0 saturated heterocycles. The van der Waals surface area contributed by atoms with E-state index >= 15 is 0 Å². The molecule has 1 aliphatic carbocycles. The van der Waals surface area contributed by atoms with Crippen molar-refractivity contribution in [2.45, 2.75) is 25.7 Å². The van der Waals surface area contributed by atoms with Crippen molar-refractivity contribution in [3.63, 3.8) is 0 Å². The molecule has 0 saturated carbocycles. The Morgan fingerprint density at radius 3 is 2.53 bits per heavy atom. The number of aromatic nitrogens is 1. The summed E-state index contributed by atoms with van der Waals surface area (Å²) in [5.41, 5.74) is 9.85. The number of nitrogens with one attached hydrogen (secondary N) is 1. The number of nitrogens with zero attached hydrogens (tertiary/aromatic N) is 1. The molecule has 47 heavy (non-hydrogen) atoms. The van der Waals surface area contributed by atoms with Crippen molar-refractivity contribution in [1.29, 1.82) is 5.41 Å². The number of benzene rings is 5. The summed E-state index contributed by atoms with van der Waals surface area (Å²) in [5.74, 6) is 2.58. The van der Waals surface area contributed by atoms with Gasteiger partial charge in [-0.2, -0.15) is 0 Å². The minimum absolute atomic E-state index is 0.298. The topological polar surface area (TPSA) is 28.8 Å². The van der Waals surface area contributed by atoms with Crippen LogP contribution in [0.3, 0.4) is 0 Å². The van der Waals surface area contributed by atoms with Gasteiger partial charge in [0.2, 0.25) is 0 Å². The summed E-state index contributed by atoms with van der Waals surface area (Å²) < 4.78 is 2.37. The molecule has 0 amide bonds. The summed E-state index contributed by atoms with van der Waals surface area (Å²) in [7, 11) is 0. The molecular weight excluding hydrogens is 567 g/mol. The van der Waals surface area contributed by atoms with Crippen molar-refractivity contribution < 1.29 is 0 Å². The molecule has 6 aromatic carbocycles. The predicted molar refractivity (Wildman–Crippen MR) is 202 cm³/mol. The Labute approximate surface area is 275 Å². The van der Waals surface area contributed by atoms with Gasteiger partial charge in [0.15, 0.2) is 0 Å². The molecule has 0 spiro atoms. The Bertz CT molecular complexity index is 2540. The van der Waals surface area contributed by atoms with Gasteiger partial charge in [-0.05, 0) is 18.2 Å². The SMILES string of the molecule is C/C(=C\CC=N)c1ccc(-c2bcc3ccc4c(C5C=CC(n6c7ccc#cc7c7ccccc76)=CC5)ccc5ccc2c3c54)cc1. The van der Waals surface area contributed by atoms with Crippen LogP contribution in [0.2, 0.25) is 0 Å². The fourth-order valence-corrected chi connectivity index (χ4v) is 7.73. The molecule has 1 unspecified atom stereocenters. The zero-order valence-corrected chi connectivity index (χ0v) is 26.2. The second-order valence-electron chi connectivity index (χ2n) is 12.6. The summed E-state index contributed by atoms with van der Waals surface area (Å²) >= 11 is 0. The number of rotatable bonds is 6. The Hall–Kier alpha value is -5.72. The Morgan fingerprint density at radius 1 is 0.872 bits per heavy atom. The van der Waals surface area contributed by atoms with Crippen LogP contribution in [-0.2, 0) is 0 Å². The van der Waals surface area contributed by atoms with Gasteiger partial charge >= 0.3 is 216 Å². The first kappa shape index (κ1) is 27.6. The van der Waals surface area contributed by atoms with Gasteiger partial charge in [0.05, 0.1) is 5.39 Å². The van der Waals surface area contributed by atoms with E-state index in [2.05, 4.69) is 152 Å². The molecule has 9 rings (SSSR count). The van der Waals surface area contributed by atoms with Crippen molar-refractivity contribution in [3.8, 4) is 11.0 Å². The summed E-state index contributed by atoms with van der Waals surface area (Å²) in [6, 6.07) is 42.0. The fraction of sp³-hybridized carbons (Fsp3) is 0.0909. The quantitative estimate of drug-likeness (QED) is 0.146. The molecule has 1 N–H and O–H groups in total. The van der Waals surface area contributed by atoms with Crippen LogP contribution in [0.15, 0.2) is 127 Å². The van der Waals surface area contributed by atoms with Crippen LogP contribution in [-0.4, -0.2) is 17.7 Å². The molecule has 2 heterocycles. The monoisotopic (exact) mass is 598 g/mol. The van der Waals surface area contributed by atoms with E-state index in [0.717, 1.165) is 11.8 Å². The van der Waals surface area contributed by atoms with Gasteiger partial charge in [0, 0.05) is 5.39 Å². The van der Waals surface area contributed by atoms with Crippen molar-refractivity contribution in [2.75, 3.05) is 0 Å². The average Bonchev–Trinajstić information content (AvgIpc) is 3.47. The van der Waals surface area contributed by atoms with E-state index < -0.39 is 0 Å². The fourth-order valence-electron chi connectivity index (χ4n) is 7.73. The molecule has 2 aromatic heterocycles. The molecule has 220 valence electrons.